The molecule has 0 aliphatic rings. The van der Waals surface area contributed by atoms with E-state index in [1.165, 1.54) is 11.3 Å². The minimum atomic E-state index is -3.35. The Bertz CT molecular complexity index is 1450. The highest BCUT2D eigenvalue weighted by Gasteiger charge is 2.31. The Kier molecular flexibility index (Phi) is 7.85. The Hall–Kier alpha value is -3.10. The SMILES string of the molecule is CCOP(=O)(Cc1cc(-c2ccc(NC(=O)c3cscn3)cc2)sc1C(=O)O)c1ccc(C)cc1C. The zero-order valence-corrected chi connectivity index (χ0v) is 22.5. The molecule has 0 saturated heterocycles. The topological polar surface area (TPSA) is 106 Å². The number of carbonyl (C=O) groups excluding carboxylic acids is 1. The summed E-state index contributed by atoms with van der Waals surface area (Å²) in [5, 5.41) is 14.9. The Balaban J connectivity index is 1.63. The highest BCUT2D eigenvalue weighted by Crippen LogP contribution is 2.51. The highest BCUT2D eigenvalue weighted by atomic mass is 32.1. The third-order valence-electron chi connectivity index (χ3n) is 5.53. The molecule has 4 aromatic rings. The molecule has 0 bridgehead atoms. The first-order chi connectivity index (χ1) is 17.2. The van der Waals surface area contributed by atoms with Gasteiger partial charge < -0.3 is 14.9 Å². The second kappa shape index (κ2) is 10.9. The fraction of sp³-hybridized carbons (Fsp3) is 0.192. The molecule has 2 heterocycles. The zero-order chi connectivity index (χ0) is 25.9. The number of benzene rings is 2. The first-order valence-corrected chi connectivity index (χ1v) is 14.7. The van der Waals surface area contributed by atoms with Gasteiger partial charge in [0.25, 0.3) is 5.91 Å². The molecule has 1 amide bonds. The molecule has 0 aliphatic heterocycles. The van der Waals surface area contributed by atoms with Crippen molar-refractivity contribution >= 4 is 52.9 Å². The number of amides is 1. The monoisotopic (exact) mass is 540 g/mol. The molecule has 186 valence electrons. The summed E-state index contributed by atoms with van der Waals surface area (Å²) in [6.45, 7) is 5.88. The lowest BCUT2D eigenvalue weighted by atomic mass is 10.1. The molecule has 10 heteroatoms. The smallest absolute Gasteiger partial charge is 0.346 e. The van der Waals surface area contributed by atoms with Gasteiger partial charge in [0, 0.05) is 21.2 Å². The quantitative estimate of drug-likeness (QED) is 0.232. The summed E-state index contributed by atoms with van der Waals surface area (Å²) in [6, 6.07) is 14.5. The van der Waals surface area contributed by atoms with Crippen molar-refractivity contribution in [1.82, 2.24) is 4.98 Å². The Labute approximate surface area is 217 Å². The molecular weight excluding hydrogens is 515 g/mol. The maximum atomic E-state index is 14.0. The molecule has 0 spiro atoms. The van der Waals surface area contributed by atoms with Crippen LogP contribution in [-0.2, 0) is 15.3 Å². The van der Waals surface area contributed by atoms with Gasteiger partial charge in [0.15, 0.2) is 0 Å². The second-order valence-electron chi connectivity index (χ2n) is 8.21. The standard InChI is InChI=1S/C26H25N2O5PS2/c1-4-33-34(32,22-10-5-16(2)11-17(22)3)13-19-12-23(36-24(19)26(30)31)18-6-8-20(9-7-18)28-25(29)21-14-35-15-27-21/h5-12,14-15H,4,13H2,1-3H3,(H,28,29)(H,30,31). The number of aromatic carboxylic acids is 1. The van der Waals surface area contributed by atoms with E-state index in [9.17, 15) is 19.3 Å². The van der Waals surface area contributed by atoms with Crippen molar-refractivity contribution in [1.29, 1.82) is 0 Å². The van der Waals surface area contributed by atoms with Gasteiger partial charge in [-0.25, -0.2) is 9.78 Å². The van der Waals surface area contributed by atoms with Gasteiger partial charge in [-0.05, 0) is 61.7 Å². The normalized spacial score (nSPS) is 12.8. The van der Waals surface area contributed by atoms with Gasteiger partial charge in [0.2, 0.25) is 7.37 Å². The lowest BCUT2D eigenvalue weighted by Crippen LogP contribution is -2.14. The third-order valence-corrected chi connectivity index (χ3v) is 10.00. The van der Waals surface area contributed by atoms with Crippen molar-refractivity contribution in [2.75, 3.05) is 11.9 Å². The molecule has 0 fully saturated rings. The van der Waals surface area contributed by atoms with Crippen LogP contribution in [0.25, 0.3) is 10.4 Å². The molecule has 7 nitrogen and oxygen atoms in total. The Morgan fingerprint density at radius 2 is 1.86 bits per heavy atom. The number of rotatable bonds is 9. The number of anilines is 1. The van der Waals surface area contributed by atoms with E-state index in [4.69, 9.17) is 4.52 Å². The molecule has 0 radical (unpaired) electrons. The van der Waals surface area contributed by atoms with Gasteiger partial charge in [0.1, 0.15) is 10.6 Å². The highest BCUT2D eigenvalue weighted by molar-refractivity contribution is 7.66. The molecule has 0 aliphatic carbocycles. The van der Waals surface area contributed by atoms with E-state index in [-0.39, 0.29) is 23.6 Å². The number of carboxylic acid groups (broad SMARTS) is 1. The summed E-state index contributed by atoms with van der Waals surface area (Å²) in [5.74, 6) is -1.37. The lowest BCUT2D eigenvalue weighted by Gasteiger charge is -2.20. The maximum Gasteiger partial charge on any atom is 0.346 e. The fourth-order valence-electron chi connectivity index (χ4n) is 3.93. The fourth-order valence-corrected chi connectivity index (χ4v) is 8.01. The van der Waals surface area contributed by atoms with E-state index >= 15 is 0 Å². The summed E-state index contributed by atoms with van der Waals surface area (Å²) in [5.41, 5.74) is 5.71. The van der Waals surface area contributed by atoms with Gasteiger partial charge >= 0.3 is 5.97 Å². The first-order valence-electron chi connectivity index (χ1n) is 11.2. The predicted octanol–water partition coefficient (Wildman–Crippen LogP) is 6.58. The number of aryl methyl sites for hydroxylation is 2. The maximum absolute atomic E-state index is 14.0. The van der Waals surface area contributed by atoms with Crippen LogP contribution in [0.3, 0.4) is 0 Å². The van der Waals surface area contributed by atoms with Crippen LogP contribution in [0.2, 0.25) is 0 Å². The molecule has 2 N–H and O–H groups in total. The van der Waals surface area contributed by atoms with E-state index in [0.717, 1.165) is 32.9 Å². The first kappa shape index (κ1) is 26.0. The van der Waals surface area contributed by atoms with Crippen LogP contribution in [0.4, 0.5) is 5.69 Å². The molecule has 1 atom stereocenters. The van der Waals surface area contributed by atoms with Crippen molar-refractivity contribution in [2.45, 2.75) is 26.9 Å². The van der Waals surface area contributed by atoms with E-state index in [1.54, 1.807) is 36.0 Å². The van der Waals surface area contributed by atoms with E-state index < -0.39 is 13.3 Å². The molecular formula is C26H25N2O5PS2. The largest absolute Gasteiger partial charge is 0.477 e. The third kappa shape index (κ3) is 5.65. The molecule has 2 aromatic carbocycles. The number of carboxylic acids is 1. The summed E-state index contributed by atoms with van der Waals surface area (Å²) in [4.78, 5) is 29.2. The van der Waals surface area contributed by atoms with E-state index in [2.05, 4.69) is 10.3 Å². The zero-order valence-electron chi connectivity index (χ0n) is 20.0. The van der Waals surface area contributed by atoms with Crippen LogP contribution in [0, 0.1) is 13.8 Å². The number of nitrogens with one attached hydrogen (secondary N) is 1. The van der Waals surface area contributed by atoms with Crippen LogP contribution >= 0.6 is 30.0 Å². The molecule has 1 unspecified atom stereocenters. The number of thiophene rings is 1. The van der Waals surface area contributed by atoms with Crippen molar-refractivity contribution in [3.05, 3.63) is 86.7 Å². The Morgan fingerprint density at radius 1 is 1.11 bits per heavy atom. The van der Waals surface area contributed by atoms with Crippen LogP contribution < -0.4 is 10.6 Å². The minimum Gasteiger partial charge on any atom is -0.477 e. The average Bonchev–Trinajstić information content (AvgIpc) is 3.50. The van der Waals surface area contributed by atoms with Gasteiger partial charge in [-0.1, -0.05) is 29.8 Å². The summed E-state index contributed by atoms with van der Waals surface area (Å²) in [7, 11) is -3.35. The van der Waals surface area contributed by atoms with Gasteiger partial charge in [0.05, 0.1) is 18.3 Å². The second-order valence-corrected chi connectivity index (χ2v) is 12.4. The number of hydrogen-bond acceptors (Lipinski definition) is 7. The average molecular weight is 541 g/mol. The molecule has 4 rings (SSSR count). The number of carbonyl (C=O) groups is 2. The van der Waals surface area contributed by atoms with Crippen molar-refractivity contribution in [2.24, 2.45) is 0 Å². The number of nitrogens with zero attached hydrogens (tertiary/aromatic N) is 1. The number of thiazole rings is 1. The lowest BCUT2D eigenvalue weighted by molar-refractivity contribution is 0.0701. The molecule has 2 aromatic heterocycles. The van der Waals surface area contributed by atoms with E-state index in [0.29, 0.717) is 22.2 Å². The molecule has 0 saturated carbocycles. The number of hydrogen-bond donors (Lipinski definition) is 2. The van der Waals surface area contributed by atoms with Crippen molar-refractivity contribution in [3.8, 4) is 10.4 Å². The van der Waals surface area contributed by atoms with Gasteiger partial charge in [-0.3, -0.25) is 9.36 Å². The van der Waals surface area contributed by atoms with E-state index in [1.807, 2.05) is 44.2 Å². The van der Waals surface area contributed by atoms with Crippen molar-refractivity contribution in [3.63, 3.8) is 0 Å². The van der Waals surface area contributed by atoms with Crippen molar-refractivity contribution < 1.29 is 23.8 Å². The van der Waals surface area contributed by atoms with Gasteiger partial charge in [-0.15, -0.1) is 22.7 Å². The predicted molar refractivity (Wildman–Crippen MR) is 145 cm³/mol. The van der Waals surface area contributed by atoms with Crippen LogP contribution in [0.1, 0.15) is 43.8 Å². The number of aromatic nitrogens is 1. The Morgan fingerprint density at radius 3 is 2.47 bits per heavy atom. The molecule has 36 heavy (non-hydrogen) atoms. The van der Waals surface area contributed by atoms with Gasteiger partial charge in [-0.2, -0.15) is 0 Å². The summed E-state index contributed by atoms with van der Waals surface area (Å²) >= 11 is 2.47. The summed E-state index contributed by atoms with van der Waals surface area (Å²) < 4.78 is 19.8. The van der Waals surface area contributed by atoms with Crippen LogP contribution in [0.5, 0.6) is 0 Å². The summed E-state index contributed by atoms with van der Waals surface area (Å²) in [6.07, 6.45) is -0.00927. The van der Waals surface area contributed by atoms with Crippen LogP contribution in [0.15, 0.2) is 59.4 Å². The minimum absolute atomic E-state index is 0.00927. The van der Waals surface area contributed by atoms with Crippen LogP contribution in [-0.4, -0.2) is 28.6 Å².